The van der Waals surface area contributed by atoms with Crippen LogP contribution in [0.25, 0.3) is 11.0 Å². The van der Waals surface area contributed by atoms with Gasteiger partial charge in [0, 0.05) is 47.0 Å². The summed E-state index contributed by atoms with van der Waals surface area (Å²) >= 11 is 0. The maximum atomic E-state index is 13.2. The minimum Gasteiger partial charge on any atom is -0.381 e. The lowest BCUT2D eigenvalue weighted by Gasteiger charge is -2.40. The molecule has 0 radical (unpaired) electrons. The SMILES string of the molecule is CC(=O)c1ccc(C(=O)N2[C@@H]3CC[C@H]2CC(Nc2c(C(N)=O)cnc4[nH]ccc24)C3)cc1. The zero-order chi connectivity index (χ0) is 22.4. The van der Waals surface area contributed by atoms with Gasteiger partial charge in [-0.1, -0.05) is 12.1 Å². The number of hydrogen-bond acceptors (Lipinski definition) is 5. The van der Waals surface area contributed by atoms with Crippen LogP contribution in [0.15, 0.2) is 42.7 Å². The summed E-state index contributed by atoms with van der Waals surface area (Å²) in [5.74, 6) is -0.521. The highest BCUT2D eigenvalue weighted by Crippen LogP contribution is 2.39. The maximum absolute atomic E-state index is 13.2. The number of nitrogens with zero attached hydrogens (tertiary/aromatic N) is 2. The van der Waals surface area contributed by atoms with Crippen molar-refractivity contribution in [3.05, 3.63) is 59.4 Å². The molecule has 5 rings (SSSR count). The summed E-state index contributed by atoms with van der Waals surface area (Å²) in [6.07, 6.45) is 6.79. The Morgan fingerprint density at radius 1 is 1.06 bits per heavy atom. The van der Waals surface area contributed by atoms with Gasteiger partial charge in [-0.2, -0.15) is 0 Å². The molecule has 3 atom stereocenters. The molecule has 4 N–H and O–H groups in total. The van der Waals surface area contributed by atoms with Crippen molar-refractivity contribution >= 4 is 34.3 Å². The summed E-state index contributed by atoms with van der Waals surface area (Å²) in [5, 5.41) is 4.37. The lowest BCUT2D eigenvalue weighted by Crippen LogP contribution is -2.49. The fourth-order valence-corrected chi connectivity index (χ4v) is 5.18. The first kappa shape index (κ1) is 20.2. The molecule has 2 fully saturated rings. The Labute approximate surface area is 185 Å². The molecule has 2 amide bonds. The number of aromatic nitrogens is 2. The van der Waals surface area contributed by atoms with Crippen LogP contribution in [0.2, 0.25) is 0 Å². The monoisotopic (exact) mass is 431 g/mol. The molecule has 1 aromatic carbocycles. The van der Waals surface area contributed by atoms with E-state index in [0.717, 1.165) is 31.1 Å². The average Bonchev–Trinajstić information content (AvgIpc) is 3.36. The minimum absolute atomic E-state index is 0.0146. The molecule has 2 aliphatic heterocycles. The molecule has 0 saturated carbocycles. The second-order valence-electron chi connectivity index (χ2n) is 8.69. The number of primary amides is 1. The molecule has 1 unspecified atom stereocenters. The number of benzene rings is 1. The highest BCUT2D eigenvalue weighted by atomic mass is 16.2. The lowest BCUT2D eigenvalue weighted by atomic mass is 9.95. The lowest BCUT2D eigenvalue weighted by molar-refractivity contribution is 0.0582. The molecule has 32 heavy (non-hydrogen) atoms. The number of fused-ring (bicyclic) bond motifs is 3. The van der Waals surface area contributed by atoms with Crippen LogP contribution in [-0.2, 0) is 0 Å². The van der Waals surface area contributed by atoms with Crippen LogP contribution in [0.1, 0.15) is 63.7 Å². The quantitative estimate of drug-likeness (QED) is 0.536. The fourth-order valence-electron chi connectivity index (χ4n) is 5.18. The van der Waals surface area contributed by atoms with Gasteiger partial charge in [-0.15, -0.1) is 0 Å². The largest absolute Gasteiger partial charge is 0.381 e. The van der Waals surface area contributed by atoms with Crippen LogP contribution in [-0.4, -0.2) is 50.6 Å². The summed E-state index contributed by atoms with van der Waals surface area (Å²) < 4.78 is 0. The molecule has 0 spiro atoms. The number of anilines is 1. The minimum atomic E-state index is -0.521. The number of pyridine rings is 1. The fraction of sp³-hybridized carbons (Fsp3) is 0.333. The van der Waals surface area contributed by atoms with Gasteiger partial charge in [-0.25, -0.2) is 4.98 Å². The summed E-state index contributed by atoms with van der Waals surface area (Å²) in [5.41, 5.74) is 8.58. The zero-order valence-corrected chi connectivity index (χ0v) is 17.8. The third-order valence-electron chi connectivity index (χ3n) is 6.71. The van der Waals surface area contributed by atoms with Crippen molar-refractivity contribution in [3.8, 4) is 0 Å². The predicted molar refractivity (Wildman–Crippen MR) is 121 cm³/mol. The predicted octanol–water partition coefficient (Wildman–Crippen LogP) is 3.11. The Kier molecular flexibility index (Phi) is 4.92. The number of carbonyl (C=O) groups excluding carboxylic acids is 3. The van der Waals surface area contributed by atoms with E-state index in [1.54, 1.807) is 30.5 Å². The molecule has 2 saturated heterocycles. The first-order chi connectivity index (χ1) is 15.4. The van der Waals surface area contributed by atoms with E-state index in [1.807, 2.05) is 11.0 Å². The van der Waals surface area contributed by atoms with Crippen LogP contribution < -0.4 is 11.1 Å². The van der Waals surface area contributed by atoms with Crippen molar-refractivity contribution < 1.29 is 14.4 Å². The van der Waals surface area contributed by atoms with Crippen molar-refractivity contribution in [1.29, 1.82) is 0 Å². The molecule has 2 aliphatic rings. The van der Waals surface area contributed by atoms with E-state index in [2.05, 4.69) is 15.3 Å². The Morgan fingerprint density at radius 3 is 2.34 bits per heavy atom. The normalized spacial score (nSPS) is 22.2. The van der Waals surface area contributed by atoms with Gasteiger partial charge >= 0.3 is 0 Å². The first-order valence-electron chi connectivity index (χ1n) is 10.9. The van der Waals surface area contributed by atoms with E-state index < -0.39 is 5.91 Å². The van der Waals surface area contributed by atoms with E-state index in [4.69, 9.17) is 5.73 Å². The number of piperidine rings is 1. The van der Waals surface area contributed by atoms with Gasteiger partial charge in [0.05, 0.1) is 11.3 Å². The topological polar surface area (TPSA) is 121 Å². The van der Waals surface area contributed by atoms with Gasteiger partial charge in [0.15, 0.2) is 5.78 Å². The Morgan fingerprint density at radius 2 is 1.72 bits per heavy atom. The van der Waals surface area contributed by atoms with Gasteiger partial charge in [0.2, 0.25) is 0 Å². The number of rotatable bonds is 5. The maximum Gasteiger partial charge on any atom is 0.254 e. The molecule has 0 aliphatic carbocycles. The molecule has 2 bridgehead atoms. The Bertz CT molecular complexity index is 1200. The standard InChI is InChI=1S/C24H25N5O3/c1-13(30)14-2-4-15(5-3-14)24(32)29-17-6-7-18(29)11-16(10-17)28-21-19-8-9-26-23(19)27-12-20(21)22(25)31/h2-5,8-9,12,16-18H,6-7,10-11H2,1H3,(H2,25,31)(H2,26,27,28)/t16?,17-,18+. The summed E-state index contributed by atoms with van der Waals surface area (Å²) in [6.45, 7) is 1.52. The van der Waals surface area contributed by atoms with E-state index in [-0.39, 0.29) is 29.8 Å². The number of nitrogens with one attached hydrogen (secondary N) is 2. The highest BCUT2D eigenvalue weighted by molar-refractivity contribution is 6.06. The van der Waals surface area contributed by atoms with Crippen molar-refractivity contribution in [1.82, 2.24) is 14.9 Å². The molecule has 164 valence electrons. The van der Waals surface area contributed by atoms with Crippen molar-refractivity contribution in [2.24, 2.45) is 5.73 Å². The van der Waals surface area contributed by atoms with E-state index in [0.29, 0.717) is 28.0 Å². The van der Waals surface area contributed by atoms with Crippen molar-refractivity contribution in [2.75, 3.05) is 5.32 Å². The van der Waals surface area contributed by atoms with Crippen molar-refractivity contribution in [3.63, 3.8) is 0 Å². The molecular formula is C24H25N5O3. The number of H-pyrrole nitrogens is 1. The first-order valence-corrected chi connectivity index (χ1v) is 10.9. The Hall–Kier alpha value is -3.68. The summed E-state index contributed by atoms with van der Waals surface area (Å²) in [4.78, 5) is 46.1. The molecule has 8 nitrogen and oxygen atoms in total. The summed E-state index contributed by atoms with van der Waals surface area (Å²) in [7, 11) is 0. The third-order valence-corrected chi connectivity index (χ3v) is 6.71. The van der Waals surface area contributed by atoms with E-state index in [9.17, 15) is 14.4 Å². The van der Waals surface area contributed by atoms with Gasteiger partial charge in [-0.05, 0) is 50.8 Å². The highest BCUT2D eigenvalue weighted by Gasteiger charge is 2.43. The zero-order valence-electron chi connectivity index (χ0n) is 17.8. The molecule has 3 aromatic rings. The number of hydrogen-bond donors (Lipinski definition) is 3. The molecule has 4 heterocycles. The van der Waals surface area contributed by atoms with Crippen molar-refractivity contribution in [2.45, 2.75) is 50.7 Å². The van der Waals surface area contributed by atoms with Crippen LogP contribution in [0.3, 0.4) is 0 Å². The number of aromatic amines is 1. The smallest absolute Gasteiger partial charge is 0.254 e. The molecule has 8 heteroatoms. The second-order valence-corrected chi connectivity index (χ2v) is 8.69. The second kappa shape index (κ2) is 7.78. The van der Waals surface area contributed by atoms with Gasteiger partial charge in [0.1, 0.15) is 5.65 Å². The number of ketones is 1. The van der Waals surface area contributed by atoms with Gasteiger partial charge < -0.3 is 20.9 Å². The van der Waals surface area contributed by atoms with Gasteiger partial charge in [0.25, 0.3) is 11.8 Å². The van der Waals surface area contributed by atoms with Gasteiger partial charge in [-0.3, -0.25) is 14.4 Å². The van der Waals surface area contributed by atoms with Crippen LogP contribution in [0, 0.1) is 0 Å². The average molecular weight is 431 g/mol. The number of nitrogens with two attached hydrogens (primary N) is 1. The molecule has 2 aromatic heterocycles. The third kappa shape index (κ3) is 3.41. The van der Waals surface area contributed by atoms with E-state index >= 15 is 0 Å². The number of carbonyl (C=O) groups is 3. The van der Waals surface area contributed by atoms with E-state index in [1.165, 1.54) is 13.1 Å². The molecular weight excluding hydrogens is 406 g/mol. The number of Topliss-reactive ketones (excluding diaryl/α,β-unsaturated/α-hetero) is 1. The van der Waals surface area contributed by atoms with Crippen LogP contribution >= 0.6 is 0 Å². The van der Waals surface area contributed by atoms with Crippen LogP contribution in [0.5, 0.6) is 0 Å². The Balaban J connectivity index is 1.36. The number of amides is 2. The van der Waals surface area contributed by atoms with Crippen LogP contribution in [0.4, 0.5) is 5.69 Å². The summed E-state index contributed by atoms with van der Waals surface area (Å²) in [6, 6.07) is 9.16.